The second-order valence-electron chi connectivity index (χ2n) is 6.73. The molecule has 2 aromatic rings. The van der Waals surface area contributed by atoms with Crippen LogP contribution in [0.4, 0.5) is 10.1 Å². The van der Waals surface area contributed by atoms with E-state index in [1.54, 1.807) is 17.0 Å². The number of hydrogen-bond donors (Lipinski definition) is 1. The van der Waals surface area contributed by atoms with Gasteiger partial charge in [-0.25, -0.2) is 17.5 Å². The van der Waals surface area contributed by atoms with Gasteiger partial charge < -0.3 is 9.80 Å². The first kappa shape index (κ1) is 20.9. The predicted molar refractivity (Wildman–Crippen MR) is 107 cm³/mol. The highest BCUT2D eigenvalue weighted by molar-refractivity contribution is 7.89. The summed E-state index contributed by atoms with van der Waals surface area (Å²) in [5, 5.41) is 0. The molecule has 1 N–H and O–H groups in total. The smallest absolute Gasteiger partial charge is 0.243 e. The number of nitrogens with one attached hydrogen (secondary N) is 1. The van der Waals surface area contributed by atoms with Crippen LogP contribution < -0.4 is 9.62 Å². The van der Waals surface area contributed by atoms with Crippen molar-refractivity contribution < 1.29 is 22.4 Å². The van der Waals surface area contributed by atoms with E-state index in [1.807, 2.05) is 12.1 Å². The fourth-order valence-corrected chi connectivity index (χ4v) is 4.18. The lowest BCUT2D eigenvalue weighted by Gasteiger charge is -2.36. The highest BCUT2D eigenvalue weighted by Gasteiger charge is 2.24. The summed E-state index contributed by atoms with van der Waals surface area (Å²) in [4.78, 5) is 26.9. The molecule has 0 spiro atoms. The molecule has 0 saturated carbocycles. The molecule has 1 amide bonds. The van der Waals surface area contributed by atoms with Gasteiger partial charge in [0.15, 0.2) is 5.78 Å². The van der Waals surface area contributed by atoms with Crippen LogP contribution in [0.15, 0.2) is 53.4 Å². The van der Waals surface area contributed by atoms with Crippen molar-refractivity contribution >= 4 is 27.4 Å². The van der Waals surface area contributed by atoms with E-state index >= 15 is 0 Å². The minimum Gasteiger partial charge on any atom is -0.368 e. The number of hydrogen-bond acceptors (Lipinski definition) is 5. The van der Waals surface area contributed by atoms with E-state index in [0.717, 1.165) is 17.8 Å². The monoisotopic (exact) mass is 419 g/mol. The Hall–Kier alpha value is -2.78. The Morgan fingerprint density at radius 2 is 1.62 bits per heavy atom. The number of anilines is 1. The van der Waals surface area contributed by atoms with Crippen LogP contribution in [-0.2, 0) is 14.8 Å². The molecule has 9 heteroatoms. The SMILES string of the molecule is CC(=O)c1ccc(N2CCN(C(=O)CNS(=O)(=O)c3ccccc3F)CC2)cc1. The maximum atomic E-state index is 13.7. The molecule has 1 saturated heterocycles. The number of sulfonamides is 1. The third-order valence-electron chi connectivity index (χ3n) is 4.81. The van der Waals surface area contributed by atoms with Gasteiger partial charge in [0.25, 0.3) is 0 Å². The highest BCUT2D eigenvalue weighted by Crippen LogP contribution is 2.18. The van der Waals surface area contributed by atoms with Gasteiger partial charge in [-0.15, -0.1) is 0 Å². The van der Waals surface area contributed by atoms with Crippen molar-refractivity contribution in [3.05, 3.63) is 59.9 Å². The molecule has 3 rings (SSSR count). The average Bonchev–Trinajstić information content (AvgIpc) is 2.72. The summed E-state index contributed by atoms with van der Waals surface area (Å²) in [6, 6.07) is 12.3. The maximum Gasteiger partial charge on any atom is 0.243 e. The Kier molecular flexibility index (Phi) is 6.29. The zero-order valence-corrected chi connectivity index (χ0v) is 16.8. The minimum atomic E-state index is -4.10. The topological polar surface area (TPSA) is 86.8 Å². The lowest BCUT2D eigenvalue weighted by Crippen LogP contribution is -2.51. The van der Waals surface area contributed by atoms with E-state index in [1.165, 1.54) is 19.1 Å². The van der Waals surface area contributed by atoms with Crippen molar-refractivity contribution in [3.8, 4) is 0 Å². The van der Waals surface area contributed by atoms with Crippen molar-refractivity contribution in [3.63, 3.8) is 0 Å². The van der Waals surface area contributed by atoms with Gasteiger partial charge in [0.2, 0.25) is 15.9 Å². The van der Waals surface area contributed by atoms with Crippen LogP contribution in [0, 0.1) is 5.82 Å². The molecule has 0 aliphatic carbocycles. The van der Waals surface area contributed by atoms with Crippen LogP contribution >= 0.6 is 0 Å². The van der Waals surface area contributed by atoms with E-state index < -0.39 is 27.3 Å². The number of carbonyl (C=O) groups is 2. The molecule has 0 bridgehead atoms. The number of halogens is 1. The quantitative estimate of drug-likeness (QED) is 0.720. The summed E-state index contributed by atoms with van der Waals surface area (Å²) in [7, 11) is -4.10. The standard InChI is InChI=1S/C20H22FN3O4S/c1-15(25)16-6-8-17(9-7-16)23-10-12-24(13-11-23)20(26)14-22-29(27,28)19-5-3-2-4-18(19)21/h2-9,22H,10-14H2,1H3. The van der Waals surface area contributed by atoms with Gasteiger partial charge in [-0.1, -0.05) is 12.1 Å². The second kappa shape index (κ2) is 8.71. The van der Waals surface area contributed by atoms with Gasteiger partial charge in [0, 0.05) is 37.4 Å². The van der Waals surface area contributed by atoms with E-state index in [-0.39, 0.29) is 11.7 Å². The zero-order valence-electron chi connectivity index (χ0n) is 16.0. The lowest BCUT2D eigenvalue weighted by atomic mass is 10.1. The molecule has 1 heterocycles. The van der Waals surface area contributed by atoms with Crippen molar-refractivity contribution in [1.29, 1.82) is 0 Å². The summed E-state index contributed by atoms with van der Waals surface area (Å²) in [6.07, 6.45) is 0. The first-order valence-corrected chi connectivity index (χ1v) is 10.6. The number of Topliss-reactive ketones (excluding diaryl/α,β-unsaturated/α-hetero) is 1. The van der Waals surface area contributed by atoms with Gasteiger partial charge in [-0.05, 0) is 43.3 Å². The molecule has 7 nitrogen and oxygen atoms in total. The Morgan fingerprint density at radius 1 is 1.00 bits per heavy atom. The molecule has 0 unspecified atom stereocenters. The van der Waals surface area contributed by atoms with Crippen molar-refractivity contribution in [1.82, 2.24) is 9.62 Å². The number of piperazine rings is 1. The maximum absolute atomic E-state index is 13.7. The molecule has 29 heavy (non-hydrogen) atoms. The van der Waals surface area contributed by atoms with Gasteiger partial charge in [0.05, 0.1) is 6.54 Å². The number of amides is 1. The Balaban J connectivity index is 1.53. The number of rotatable bonds is 6. The number of carbonyl (C=O) groups excluding carboxylic acids is 2. The van der Waals surface area contributed by atoms with Crippen LogP contribution in [0.3, 0.4) is 0 Å². The van der Waals surface area contributed by atoms with Crippen LogP contribution in [0.25, 0.3) is 0 Å². The summed E-state index contributed by atoms with van der Waals surface area (Å²) < 4.78 is 40.3. The highest BCUT2D eigenvalue weighted by atomic mass is 32.2. The molecule has 0 radical (unpaired) electrons. The third kappa shape index (κ3) is 4.99. The average molecular weight is 419 g/mol. The molecule has 0 aromatic heterocycles. The first-order valence-electron chi connectivity index (χ1n) is 9.16. The van der Waals surface area contributed by atoms with E-state index in [0.29, 0.717) is 31.7 Å². The van der Waals surface area contributed by atoms with E-state index in [2.05, 4.69) is 9.62 Å². The largest absolute Gasteiger partial charge is 0.368 e. The molecular formula is C20H22FN3O4S. The zero-order chi connectivity index (χ0) is 21.0. The normalized spacial score (nSPS) is 14.7. The fraction of sp³-hybridized carbons (Fsp3) is 0.300. The van der Waals surface area contributed by atoms with E-state index in [9.17, 15) is 22.4 Å². The van der Waals surface area contributed by atoms with Crippen molar-refractivity contribution in [2.24, 2.45) is 0 Å². The number of nitrogens with zero attached hydrogens (tertiary/aromatic N) is 2. The first-order chi connectivity index (χ1) is 13.8. The van der Waals surface area contributed by atoms with Gasteiger partial charge in [0.1, 0.15) is 10.7 Å². The van der Waals surface area contributed by atoms with Crippen LogP contribution in [0.1, 0.15) is 17.3 Å². The molecule has 1 aliphatic rings. The number of benzene rings is 2. The Morgan fingerprint density at radius 3 is 2.21 bits per heavy atom. The molecular weight excluding hydrogens is 397 g/mol. The molecule has 154 valence electrons. The molecule has 2 aromatic carbocycles. The molecule has 1 fully saturated rings. The summed E-state index contributed by atoms with van der Waals surface area (Å²) >= 11 is 0. The Labute approximate surface area is 169 Å². The third-order valence-corrected chi connectivity index (χ3v) is 6.25. The predicted octanol–water partition coefficient (Wildman–Crippen LogP) is 1.66. The summed E-state index contributed by atoms with van der Waals surface area (Å²) in [5.41, 5.74) is 1.60. The molecule has 1 aliphatic heterocycles. The van der Waals surface area contributed by atoms with Crippen LogP contribution in [0.5, 0.6) is 0 Å². The second-order valence-corrected chi connectivity index (χ2v) is 8.46. The van der Waals surface area contributed by atoms with E-state index in [4.69, 9.17) is 0 Å². The molecule has 0 atom stereocenters. The fourth-order valence-electron chi connectivity index (χ4n) is 3.13. The van der Waals surface area contributed by atoms with Crippen LogP contribution in [0.2, 0.25) is 0 Å². The van der Waals surface area contributed by atoms with Crippen molar-refractivity contribution in [2.45, 2.75) is 11.8 Å². The number of ketones is 1. The lowest BCUT2D eigenvalue weighted by molar-refractivity contribution is -0.130. The van der Waals surface area contributed by atoms with Gasteiger partial charge >= 0.3 is 0 Å². The van der Waals surface area contributed by atoms with Gasteiger partial charge in [-0.2, -0.15) is 0 Å². The Bertz CT molecular complexity index is 1000. The van der Waals surface area contributed by atoms with Crippen LogP contribution in [-0.4, -0.2) is 57.7 Å². The van der Waals surface area contributed by atoms with Gasteiger partial charge in [-0.3, -0.25) is 9.59 Å². The summed E-state index contributed by atoms with van der Waals surface area (Å²) in [6.45, 7) is 3.14. The van der Waals surface area contributed by atoms with Crippen molar-refractivity contribution in [2.75, 3.05) is 37.6 Å². The minimum absolute atomic E-state index is 0.00445. The summed E-state index contributed by atoms with van der Waals surface area (Å²) in [5.74, 6) is -1.22.